The zero-order chi connectivity index (χ0) is 20.3. The first-order chi connectivity index (χ1) is 13.4. The lowest BCUT2D eigenvalue weighted by Crippen LogP contribution is -2.01. The predicted molar refractivity (Wildman–Crippen MR) is 111 cm³/mol. The lowest BCUT2D eigenvalue weighted by molar-refractivity contribution is 0.104. The van der Waals surface area contributed by atoms with Crippen molar-refractivity contribution in [2.75, 3.05) is 7.11 Å². The zero-order valence-corrected chi connectivity index (χ0v) is 16.8. The van der Waals surface area contributed by atoms with Crippen molar-refractivity contribution in [2.45, 2.75) is 13.5 Å². The summed E-state index contributed by atoms with van der Waals surface area (Å²) in [4.78, 5) is 12.4. The number of aromatic nitrogens is 2. The quantitative estimate of drug-likeness (QED) is 0.445. The molecule has 0 bridgehead atoms. The highest BCUT2D eigenvalue weighted by atomic mass is 35.5. The highest BCUT2D eigenvalue weighted by Gasteiger charge is 2.13. The van der Waals surface area contributed by atoms with Crippen LogP contribution in [0.1, 0.15) is 27.2 Å². The van der Waals surface area contributed by atoms with Gasteiger partial charge < -0.3 is 9.84 Å². The molecular formula is C21H18Cl2N2O3. The second kappa shape index (κ2) is 8.50. The zero-order valence-electron chi connectivity index (χ0n) is 15.3. The molecule has 5 nitrogen and oxygen atoms in total. The fourth-order valence-electron chi connectivity index (χ4n) is 2.71. The molecular weight excluding hydrogens is 399 g/mol. The number of ether oxygens (including phenoxy) is 1. The maximum absolute atomic E-state index is 12.4. The summed E-state index contributed by atoms with van der Waals surface area (Å²) in [5, 5.41) is 15.2. The topological polar surface area (TPSA) is 64.3 Å². The number of phenolic OH excluding ortho intramolecular Hbond substituents is 1. The van der Waals surface area contributed by atoms with Gasteiger partial charge in [0.15, 0.2) is 17.3 Å². The Morgan fingerprint density at radius 1 is 1.21 bits per heavy atom. The van der Waals surface area contributed by atoms with Gasteiger partial charge in [0, 0.05) is 16.1 Å². The summed E-state index contributed by atoms with van der Waals surface area (Å²) in [5.74, 6) is -0.0196. The van der Waals surface area contributed by atoms with E-state index >= 15 is 0 Å². The van der Waals surface area contributed by atoms with Crippen molar-refractivity contribution in [2.24, 2.45) is 0 Å². The average molecular weight is 417 g/mol. The van der Waals surface area contributed by atoms with Crippen LogP contribution in [0.5, 0.6) is 11.5 Å². The number of aromatic hydroxyl groups is 1. The standard InChI is InChI=1S/C21H18Cl2N2O3/c1-13-17(8-10-18(26)15-5-9-19(27)20(11-15)28-2)21(23)25(24-13)12-14-3-6-16(22)7-4-14/h3-11,27H,12H2,1-2H3/b10-8+. The Morgan fingerprint density at radius 2 is 1.93 bits per heavy atom. The minimum Gasteiger partial charge on any atom is -0.504 e. The summed E-state index contributed by atoms with van der Waals surface area (Å²) < 4.78 is 6.71. The molecule has 0 saturated heterocycles. The van der Waals surface area contributed by atoms with Crippen molar-refractivity contribution in [1.29, 1.82) is 0 Å². The van der Waals surface area contributed by atoms with Gasteiger partial charge in [0.05, 0.1) is 19.3 Å². The van der Waals surface area contributed by atoms with Crippen LogP contribution in [-0.2, 0) is 6.54 Å². The fraction of sp³-hybridized carbons (Fsp3) is 0.143. The summed E-state index contributed by atoms with van der Waals surface area (Å²) in [6, 6.07) is 11.9. The van der Waals surface area contributed by atoms with E-state index in [0.29, 0.717) is 33.5 Å². The molecule has 144 valence electrons. The van der Waals surface area contributed by atoms with E-state index in [4.69, 9.17) is 27.9 Å². The number of benzene rings is 2. The number of methoxy groups -OCH3 is 1. The summed E-state index contributed by atoms with van der Waals surface area (Å²) in [6.45, 7) is 2.33. The van der Waals surface area contributed by atoms with Gasteiger partial charge in [-0.2, -0.15) is 5.10 Å². The Bertz CT molecular complexity index is 1040. The number of aryl methyl sites for hydroxylation is 1. The third kappa shape index (κ3) is 4.38. The third-order valence-corrected chi connectivity index (χ3v) is 4.87. The lowest BCUT2D eigenvalue weighted by Gasteiger charge is -2.04. The molecule has 0 atom stereocenters. The van der Waals surface area contributed by atoms with Gasteiger partial charge in [-0.05, 0) is 55.0 Å². The van der Waals surface area contributed by atoms with Crippen molar-refractivity contribution < 1.29 is 14.6 Å². The summed E-state index contributed by atoms with van der Waals surface area (Å²) in [5.41, 5.74) is 2.80. The normalized spacial score (nSPS) is 11.1. The van der Waals surface area contributed by atoms with E-state index in [-0.39, 0.29) is 17.3 Å². The van der Waals surface area contributed by atoms with Crippen LogP contribution in [0.4, 0.5) is 0 Å². The first-order valence-electron chi connectivity index (χ1n) is 8.46. The van der Waals surface area contributed by atoms with Crippen LogP contribution in [-0.4, -0.2) is 27.8 Å². The van der Waals surface area contributed by atoms with Gasteiger partial charge in [-0.3, -0.25) is 4.79 Å². The SMILES string of the molecule is COc1cc(C(=O)/C=C/c2c(C)nn(Cc3ccc(Cl)cc3)c2Cl)ccc1O. The molecule has 3 aromatic rings. The van der Waals surface area contributed by atoms with Crippen molar-refractivity contribution in [1.82, 2.24) is 9.78 Å². The largest absolute Gasteiger partial charge is 0.504 e. The molecule has 28 heavy (non-hydrogen) atoms. The smallest absolute Gasteiger partial charge is 0.185 e. The number of hydrogen-bond donors (Lipinski definition) is 1. The first-order valence-corrected chi connectivity index (χ1v) is 9.21. The minimum atomic E-state index is -0.237. The molecule has 7 heteroatoms. The van der Waals surface area contributed by atoms with E-state index in [1.54, 1.807) is 10.8 Å². The first kappa shape index (κ1) is 20.0. The Hall–Kier alpha value is -2.76. The number of allylic oxidation sites excluding steroid dienone is 1. The van der Waals surface area contributed by atoms with Crippen LogP contribution in [0, 0.1) is 6.92 Å². The molecule has 0 radical (unpaired) electrons. The predicted octanol–water partition coefficient (Wildman–Crippen LogP) is 5.16. The van der Waals surface area contributed by atoms with Gasteiger partial charge in [0.25, 0.3) is 0 Å². The molecule has 0 fully saturated rings. The fourth-order valence-corrected chi connectivity index (χ4v) is 3.13. The van der Waals surface area contributed by atoms with E-state index in [2.05, 4.69) is 5.10 Å². The number of rotatable bonds is 6. The highest BCUT2D eigenvalue weighted by Crippen LogP contribution is 2.27. The van der Waals surface area contributed by atoms with Crippen molar-refractivity contribution in [3.05, 3.63) is 81.1 Å². The molecule has 0 unspecified atom stereocenters. The number of halogens is 2. The number of carbonyl (C=O) groups is 1. The van der Waals surface area contributed by atoms with Crippen LogP contribution < -0.4 is 4.74 Å². The number of hydrogen-bond acceptors (Lipinski definition) is 4. The van der Waals surface area contributed by atoms with E-state index in [1.807, 2.05) is 31.2 Å². The van der Waals surface area contributed by atoms with E-state index in [0.717, 1.165) is 5.56 Å². The maximum Gasteiger partial charge on any atom is 0.185 e. The Labute approximate surface area is 172 Å². The van der Waals surface area contributed by atoms with Gasteiger partial charge in [-0.25, -0.2) is 4.68 Å². The Kier molecular flexibility index (Phi) is 6.07. The Morgan fingerprint density at radius 3 is 2.61 bits per heavy atom. The summed E-state index contributed by atoms with van der Waals surface area (Å²) in [7, 11) is 1.43. The second-order valence-corrected chi connectivity index (χ2v) is 6.95. The average Bonchev–Trinajstić information content (AvgIpc) is 2.95. The molecule has 1 N–H and O–H groups in total. The molecule has 0 aliphatic carbocycles. The number of nitrogens with zero attached hydrogens (tertiary/aromatic N) is 2. The van der Waals surface area contributed by atoms with E-state index < -0.39 is 0 Å². The van der Waals surface area contributed by atoms with Crippen LogP contribution >= 0.6 is 23.2 Å². The lowest BCUT2D eigenvalue weighted by atomic mass is 10.1. The molecule has 1 aromatic heterocycles. The van der Waals surface area contributed by atoms with Crippen molar-refractivity contribution in [3.8, 4) is 11.5 Å². The van der Waals surface area contributed by atoms with Crippen LogP contribution in [0.3, 0.4) is 0 Å². The van der Waals surface area contributed by atoms with Gasteiger partial charge in [-0.15, -0.1) is 0 Å². The number of carbonyl (C=O) groups excluding carboxylic acids is 1. The second-order valence-electron chi connectivity index (χ2n) is 6.16. The third-order valence-electron chi connectivity index (χ3n) is 4.22. The molecule has 0 spiro atoms. The Balaban J connectivity index is 1.81. The van der Waals surface area contributed by atoms with Gasteiger partial charge in [0.2, 0.25) is 0 Å². The molecule has 1 heterocycles. The molecule has 2 aromatic carbocycles. The van der Waals surface area contributed by atoms with E-state index in [9.17, 15) is 9.90 Å². The summed E-state index contributed by atoms with van der Waals surface area (Å²) in [6.07, 6.45) is 3.07. The van der Waals surface area contributed by atoms with Crippen LogP contribution in [0.15, 0.2) is 48.5 Å². The van der Waals surface area contributed by atoms with Crippen LogP contribution in [0.25, 0.3) is 6.08 Å². The van der Waals surface area contributed by atoms with Crippen molar-refractivity contribution >= 4 is 35.1 Å². The molecule has 0 aliphatic heterocycles. The molecule has 0 amide bonds. The van der Waals surface area contributed by atoms with Gasteiger partial charge in [0.1, 0.15) is 5.15 Å². The summed E-state index contributed by atoms with van der Waals surface area (Å²) >= 11 is 12.4. The molecule has 0 saturated carbocycles. The molecule has 3 rings (SSSR count). The maximum atomic E-state index is 12.4. The highest BCUT2D eigenvalue weighted by molar-refractivity contribution is 6.31. The minimum absolute atomic E-state index is 0.0228. The van der Waals surface area contributed by atoms with Crippen LogP contribution in [0.2, 0.25) is 10.2 Å². The van der Waals surface area contributed by atoms with Gasteiger partial charge >= 0.3 is 0 Å². The molecule has 0 aliphatic rings. The number of ketones is 1. The van der Waals surface area contributed by atoms with Gasteiger partial charge in [-0.1, -0.05) is 35.3 Å². The van der Waals surface area contributed by atoms with Crippen molar-refractivity contribution in [3.63, 3.8) is 0 Å². The van der Waals surface area contributed by atoms with E-state index in [1.165, 1.54) is 31.4 Å². The number of phenols is 1. The monoisotopic (exact) mass is 416 g/mol.